The molecule has 2 bridgehead atoms. The van der Waals surface area contributed by atoms with Crippen LogP contribution in [0.15, 0.2) is 29.2 Å². The summed E-state index contributed by atoms with van der Waals surface area (Å²) in [6, 6.07) is 7.50. The molecule has 0 radical (unpaired) electrons. The Morgan fingerprint density at radius 3 is 2.37 bits per heavy atom. The molecule has 0 aliphatic heterocycles. The highest BCUT2D eigenvalue weighted by Crippen LogP contribution is 2.61. The number of rotatable bonds is 19. The molecule has 3 rings (SSSR count). The fourth-order valence-electron chi connectivity index (χ4n) is 8.41. The summed E-state index contributed by atoms with van der Waals surface area (Å²) in [5.41, 5.74) is 5.41. The summed E-state index contributed by atoms with van der Waals surface area (Å²) in [6.45, 7) is 12.4. The molecule has 0 saturated heterocycles. The van der Waals surface area contributed by atoms with E-state index >= 15 is 0 Å². The van der Waals surface area contributed by atoms with E-state index in [0.29, 0.717) is 45.2 Å². The lowest BCUT2D eigenvalue weighted by Crippen LogP contribution is -2.60. The lowest BCUT2D eigenvalue weighted by molar-refractivity contribution is -0.192. The second-order valence-corrected chi connectivity index (χ2v) is 17.0. The molecule has 0 heterocycles. The van der Waals surface area contributed by atoms with Crippen LogP contribution in [0.5, 0.6) is 0 Å². The van der Waals surface area contributed by atoms with Gasteiger partial charge in [-0.25, -0.2) is 0 Å². The van der Waals surface area contributed by atoms with Gasteiger partial charge in [0.25, 0.3) is 0 Å². The first-order valence-corrected chi connectivity index (χ1v) is 19.8. The minimum atomic E-state index is -4.89. The second-order valence-electron chi connectivity index (χ2n) is 15.9. The average Bonchev–Trinajstić information content (AvgIpc) is 3.08. The summed E-state index contributed by atoms with van der Waals surface area (Å²) in [5.74, 6) is -1.75. The Balaban J connectivity index is 1.72. The molecule has 1 aromatic rings. The van der Waals surface area contributed by atoms with E-state index in [4.69, 9.17) is 10.5 Å². The fourth-order valence-corrected chi connectivity index (χ4v) is 9.09. The highest BCUT2D eigenvalue weighted by Gasteiger charge is 2.59. The Labute approximate surface area is 307 Å². The molecule has 1 aromatic carbocycles. The van der Waals surface area contributed by atoms with Gasteiger partial charge < -0.3 is 31.0 Å². The summed E-state index contributed by atoms with van der Waals surface area (Å²) in [7, 11) is 0. The number of unbranched alkanes of at least 4 members (excludes halogenated alkanes) is 3. The summed E-state index contributed by atoms with van der Waals surface area (Å²) in [4.78, 5) is 37.7. The van der Waals surface area contributed by atoms with E-state index in [2.05, 4.69) is 33.0 Å². The standard InChI is InChI=1S/C39H62F3N3O5S/c1-27-16-18-38(19-17-28(2)46)25-37(27,5)32(23-36(4,34(48)29(38)3)26-44-21-9-7-6-8-20-43)50-33(47)24-51-31-14-12-30(13-15-31)11-10-22-45-35(49)39(40,41)42/h12-15,27,29,32,34,44,48H,6-11,16-26,43H2,1-5H3,(H,45,49)/t27-,29+,32-,34+,36-,37+,38-/m1/s1. The van der Waals surface area contributed by atoms with Crippen molar-refractivity contribution < 1.29 is 37.4 Å². The maximum absolute atomic E-state index is 13.6. The van der Waals surface area contributed by atoms with Crippen LogP contribution in [0.3, 0.4) is 0 Å². The highest BCUT2D eigenvalue weighted by molar-refractivity contribution is 8.00. The third-order valence-corrected chi connectivity index (χ3v) is 13.0. The summed E-state index contributed by atoms with van der Waals surface area (Å²) in [6.07, 6.45) is 3.49. The normalized spacial score (nSPS) is 29.5. The minimum absolute atomic E-state index is 0.0335. The molecule has 0 aromatic heterocycles. The van der Waals surface area contributed by atoms with E-state index in [0.717, 1.165) is 61.9 Å². The number of carbonyl (C=O) groups is 3. The number of alkyl halides is 3. The molecule has 2 fully saturated rings. The largest absolute Gasteiger partial charge is 0.471 e. The topological polar surface area (TPSA) is 131 Å². The van der Waals surface area contributed by atoms with Crippen molar-refractivity contribution in [1.82, 2.24) is 10.6 Å². The van der Waals surface area contributed by atoms with Crippen LogP contribution in [0.25, 0.3) is 0 Å². The van der Waals surface area contributed by atoms with Crippen molar-refractivity contribution in [2.24, 2.45) is 33.8 Å². The molecule has 2 aliphatic carbocycles. The first kappa shape index (κ1) is 43.3. The Bertz CT molecular complexity index is 1280. The number of Topliss-reactive ketones (excluding diaryl/α,β-unsaturated/α-hetero) is 1. The predicted molar refractivity (Wildman–Crippen MR) is 196 cm³/mol. The third-order valence-electron chi connectivity index (χ3n) is 12.0. The Hall–Kier alpha value is -2.15. The number of aryl methyl sites for hydroxylation is 1. The van der Waals surface area contributed by atoms with Gasteiger partial charge in [0.05, 0.1) is 11.9 Å². The van der Waals surface area contributed by atoms with Crippen LogP contribution in [-0.4, -0.2) is 73.1 Å². The molecule has 1 amide bonds. The van der Waals surface area contributed by atoms with Crippen molar-refractivity contribution in [3.63, 3.8) is 0 Å². The zero-order chi connectivity index (χ0) is 37.9. The van der Waals surface area contributed by atoms with Crippen molar-refractivity contribution in [3.05, 3.63) is 29.8 Å². The number of aliphatic hydroxyl groups is 1. The van der Waals surface area contributed by atoms with Crippen LogP contribution >= 0.6 is 11.8 Å². The molecule has 7 atom stereocenters. The number of ether oxygens (including phenoxy) is 1. The third kappa shape index (κ3) is 12.2. The van der Waals surface area contributed by atoms with Crippen molar-refractivity contribution in [2.45, 2.75) is 135 Å². The van der Waals surface area contributed by atoms with Crippen molar-refractivity contribution in [2.75, 3.05) is 31.9 Å². The van der Waals surface area contributed by atoms with Crippen molar-refractivity contribution >= 4 is 29.4 Å². The number of nitrogens with two attached hydrogens (primary N) is 1. The molecule has 0 spiro atoms. The predicted octanol–water partition coefficient (Wildman–Crippen LogP) is 7.00. The smallest absolute Gasteiger partial charge is 0.461 e. The van der Waals surface area contributed by atoms with Gasteiger partial charge in [-0.2, -0.15) is 13.2 Å². The first-order valence-electron chi connectivity index (χ1n) is 18.8. The van der Waals surface area contributed by atoms with Gasteiger partial charge >= 0.3 is 18.1 Å². The Kier molecular flexibility index (Phi) is 16.3. The number of esters is 1. The van der Waals surface area contributed by atoms with Crippen molar-refractivity contribution in [3.8, 4) is 0 Å². The molecule has 0 unspecified atom stereocenters. The molecule has 8 nitrogen and oxygen atoms in total. The number of thioether (sulfide) groups is 1. The van der Waals surface area contributed by atoms with Gasteiger partial charge in [-0.15, -0.1) is 11.8 Å². The number of halogens is 3. The van der Waals surface area contributed by atoms with E-state index in [9.17, 15) is 32.7 Å². The molecule has 12 heteroatoms. The average molecular weight is 742 g/mol. The number of ketones is 1. The van der Waals surface area contributed by atoms with Crippen molar-refractivity contribution in [1.29, 1.82) is 0 Å². The van der Waals surface area contributed by atoms with E-state index in [-0.39, 0.29) is 46.7 Å². The first-order chi connectivity index (χ1) is 24.0. The maximum Gasteiger partial charge on any atom is 0.471 e. The number of fused-ring (bicyclic) bond motifs is 2. The number of carbonyl (C=O) groups excluding carboxylic acids is 3. The Morgan fingerprint density at radius 1 is 1.04 bits per heavy atom. The van der Waals surface area contributed by atoms with Gasteiger partial charge in [0, 0.05) is 35.2 Å². The minimum Gasteiger partial charge on any atom is -0.461 e. The fraction of sp³-hybridized carbons (Fsp3) is 0.769. The molecular weight excluding hydrogens is 680 g/mol. The second kappa shape index (κ2) is 19.3. The molecule has 51 heavy (non-hydrogen) atoms. The number of benzene rings is 1. The van der Waals surface area contributed by atoms with Crippen LogP contribution < -0.4 is 16.4 Å². The van der Waals surface area contributed by atoms with Gasteiger partial charge in [-0.1, -0.05) is 52.7 Å². The Morgan fingerprint density at radius 2 is 1.73 bits per heavy atom. The van der Waals surface area contributed by atoms with Crippen LogP contribution in [0.2, 0.25) is 0 Å². The lowest BCUT2D eigenvalue weighted by Gasteiger charge is -2.60. The van der Waals surface area contributed by atoms with Gasteiger partial charge in [-0.05, 0) is 113 Å². The van der Waals surface area contributed by atoms with Gasteiger partial charge in [0.2, 0.25) is 0 Å². The number of hydrogen-bond acceptors (Lipinski definition) is 8. The van der Waals surface area contributed by atoms with Gasteiger partial charge in [0.1, 0.15) is 11.9 Å². The molecular formula is C39H62F3N3O5S. The van der Waals surface area contributed by atoms with Gasteiger partial charge in [-0.3, -0.25) is 9.59 Å². The molecule has 2 saturated carbocycles. The monoisotopic (exact) mass is 741 g/mol. The molecule has 5 N–H and O–H groups in total. The zero-order valence-electron chi connectivity index (χ0n) is 31.3. The summed E-state index contributed by atoms with van der Waals surface area (Å²) < 4.78 is 43.6. The van der Waals surface area contributed by atoms with E-state index in [1.807, 2.05) is 29.6 Å². The zero-order valence-corrected chi connectivity index (χ0v) is 32.2. The number of amides is 1. The highest BCUT2D eigenvalue weighted by atomic mass is 32.2. The maximum atomic E-state index is 13.6. The molecule has 2 aliphatic rings. The van der Waals surface area contributed by atoms with E-state index in [1.54, 1.807) is 6.92 Å². The summed E-state index contributed by atoms with van der Waals surface area (Å²) in [5, 5.41) is 17.7. The van der Waals surface area contributed by atoms with Crippen LogP contribution in [0.1, 0.15) is 111 Å². The summed E-state index contributed by atoms with van der Waals surface area (Å²) >= 11 is 1.37. The van der Waals surface area contributed by atoms with Crippen LogP contribution in [-0.2, 0) is 25.5 Å². The molecule has 290 valence electrons. The number of hydrogen-bond donors (Lipinski definition) is 4. The van der Waals surface area contributed by atoms with Crippen LogP contribution in [0.4, 0.5) is 13.2 Å². The lowest BCUT2D eigenvalue weighted by atomic mass is 9.47. The van der Waals surface area contributed by atoms with Crippen LogP contribution in [0, 0.1) is 28.1 Å². The van der Waals surface area contributed by atoms with Gasteiger partial charge in [0.15, 0.2) is 0 Å². The van der Waals surface area contributed by atoms with E-state index < -0.39 is 29.7 Å². The number of nitrogens with one attached hydrogen (secondary N) is 2. The van der Waals surface area contributed by atoms with E-state index in [1.165, 1.54) is 11.8 Å². The SMILES string of the molecule is CC(=O)CC[C@]12CC[C@@H](C)[C@](C)(C1)[C@H](OC(=O)CSc1ccc(CCCNC(=O)C(F)(F)F)cc1)C[C@](C)(CNCCCCCCN)[C@@H](O)[C@@H]2C. The number of aliphatic hydroxyl groups excluding tert-OH is 1. The quantitative estimate of drug-likeness (QED) is 0.0678.